The van der Waals surface area contributed by atoms with Gasteiger partial charge in [0.25, 0.3) is 0 Å². The van der Waals surface area contributed by atoms with Crippen LogP contribution in [-0.2, 0) is 11.2 Å². The lowest BCUT2D eigenvalue weighted by Crippen LogP contribution is -2.32. The van der Waals surface area contributed by atoms with Crippen LogP contribution in [0.5, 0.6) is 0 Å². The summed E-state index contributed by atoms with van der Waals surface area (Å²) in [5, 5.41) is 8.44. The van der Waals surface area contributed by atoms with Crippen LogP contribution in [0.3, 0.4) is 0 Å². The number of carboxylic acid groups (broad SMARTS) is 1. The van der Waals surface area contributed by atoms with Crippen molar-refractivity contribution in [3.8, 4) is 0 Å². The maximum Gasteiger partial charge on any atom is 0.320 e. The van der Waals surface area contributed by atoms with E-state index >= 15 is 0 Å². The SMILES string of the molecule is N[C@@H](Cc1cc(F)c(F)cc1F)C(=O)O. The summed E-state index contributed by atoms with van der Waals surface area (Å²) in [6, 6.07) is -0.378. The number of halogens is 3. The quantitative estimate of drug-likeness (QED) is 0.747. The zero-order chi connectivity index (χ0) is 11.6. The molecule has 0 unspecified atom stereocenters. The molecule has 0 aliphatic rings. The predicted octanol–water partition coefficient (Wildman–Crippen LogP) is 1.06. The lowest BCUT2D eigenvalue weighted by molar-refractivity contribution is -0.138. The van der Waals surface area contributed by atoms with Crippen molar-refractivity contribution in [3.63, 3.8) is 0 Å². The molecule has 0 saturated carbocycles. The zero-order valence-electron chi connectivity index (χ0n) is 7.51. The number of rotatable bonds is 3. The first kappa shape index (κ1) is 11.5. The fourth-order valence-electron chi connectivity index (χ4n) is 1.04. The highest BCUT2D eigenvalue weighted by Crippen LogP contribution is 2.14. The molecule has 0 spiro atoms. The van der Waals surface area contributed by atoms with E-state index in [9.17, 15) is 18.0 Å². The molecule has 1 aromatic rings. The number of aliphatic carboxylic acids is 1. The van der Waals surface area contributed by atoms with Gasteiger partial charge in [0.05, 0.1) is 0 Å². The van der Waals surface area contributed by atoms with Gasteiger partial charge in [0.1, 0.15) is 11.9 Å². The minimum Gasteiger partial charge on any atom is -0.480 e. The van der Waals surface area contributed by atoms with Crippen LogP contribution in [-0.4, -0.2) is 17.1 Å². The van der Waals surface area contributed by atoms with Gasteiger partial charge in [-0.2, -0.15) is 0 Å². The van der Waals surface area contributed by atoms with Crippen molar-refractivity contribution in [1.29, 1.82) is 0 Å². The Kier molecular flexibility index (Phi) is 3.31. The molecule has 15 heavy (non-hydrogen) atoms. The van der Waals surface area contributed by atoms with E-state index in [1.807, 2.05) is 0 Å². The molecular weight excluding hydrogens is 211 g/mol. The first-order valence-corrected chi connectivity index (χ1v) is 4.03. The molecule has 0 amide bonds. The van der Waals surface area contributed by atoms with Crippen molar-refractivity contribution in [1.82, 2.24) is 0 Å². The zero-order valence-corrected chi connectivity index (χ0v) is 7.51. The Labute approximate surface area is 83.3 Å². The molecule has 0 bridgehead atoms. The van der Waals surface area contributed by atoms with Gasteiger partial charge in [-0.05, 0) is 11.6 Å². The molecule has 3 nitrogen and oxygen atoms in total. The molecule has 0 heterocycles. The summed E-state index contributed by atoms with van der Waals surface area (Å²) in [4.78, 5) is 10.4. The first-order chi connectivity index (χ1) is 6.91. The summed E-state index contributed by atoms with van der Waals surface area (Å²) in [7, 11) is 0. The first-order valence-electron chi connectivity index (χ1n) is 4.03. The van der Waals surface area contributed by atoms with Gasteiger partial charge >= 0.3 is 5.97 Å². The third kappa shape index (κ3) is 2.69. The second kappa shape index (κ2) is 4.31. The molecule has 0 fully saturated rings. The van der Waals surface area contributed by atoms with Gasteiger partial charge in [-0.3, -0.25) is 4.79 Å². The van der Waals surface area contributed by atoms with Crippen LogP contribution in [0.2, 0.25) is 0 Å². The molecule has 1 rings (SSSR count). The van der Waals surface area contributed by atoms with Crippen molar-refractivity contribution >= 4 is 5.97 Å². The smallest absolute Gasteiger partial charge is 0.320 e. The van der Waals surface area contributed by atoms with Gasteiger partial charge < -0.3 is 10.8 Å². The number of carboxylic acids is 1. The monoisotopic (exact) mass is 219 g/mol. The fourth-order valence-corrected chi connectivity index (χ4v) is 1.04. The molecule has 0 aliphatic heterocycles. The van der Waals surface area contributed by atoms with Crippen molar-refractivity contribution in [2.45, 2.75) is 12.5 Å². The highest BCUT2D eigenvalue weighted by Gasteiger charge is 2.17. The van der Waals surface area contributed by atoms with Crippen molar-refractivity contribution < 1.29 is 23.1 Å². The van der Waals surface area contributed by atoms with E-state index in [0.717, 1.165) is 0 Å². The highest BCUT2D eigenvalue weighted by molar-refractivity contribution is 5.73. The van der Waals surface area contributed by atoms with Gasteiger partial charge in [0.15, 0.2) is 11.6 Å². The molecule has 0 saturated heterocycles. The van der Waals surface area contributed by atoms with Crippen LogP contribution in [0.4, 0.5) is 13.2 Å². The maximum absolute atomic E-state index is 13.0. The van der Waals surface area contributed by atoms with Gasteiger partial charge in [-0.25, -0.2) is 13.2 Å². The van der Waals surface area contributed by atoms with Gasteiger partial charge in [-0.1, -0.05) is 0 Å². The summed E-state index contributed by atoms with van der Waals surface area (Å²) in [6.07, 6.45) is -0.391. The second-order valence-corrected chi connectivity index (χ2v) is 3.01. The molecule has 82 valence electrons. The number of carbonyl (C=O) groups is 1. The van der Waals surface area contributed by atoms with E-state index in [1.54, 1.807) is 0 Å². The van der Waals surface area contributed by atoms with E-state index in [0.29, 0.717) is 12.1 Å². The molecule has 0 aliphatic carbocycles. The Morgan fingerprint density at radius 2 is 1.80 bits per heavy atom. The number of nitrogens with two attached hydrogens (primary N) is 1. The Morgan fingerprint density at radius 3 is 2.33 bits per heavy atom. The number of benzene rings is 1. The van der Waals surface area contributed by atoms with E-state index < -0.39 is 35.9 Å². The fraction of sp³-hybridized carbons (Fsp3) is 0.222. The summed E-state index contributed by atoms with van der Waals surface area (Å²) >= 11 is 0. The van der Waals surface area contributed by atoms with Crippen molar-refractivity contribution in [2.75, 3.05) is 0 Å². The van der Waals surface area contributed by atoms with E-state index in [-0.39, 0.29) is 5.56 Å². The maximum atomic E-state index is 13.0. The summed E-state index contributed by atoms with van der Waals surface area (Å²) in [6.45, 7) is 0. The Hall–Kier alpha value is -1.56. The number of hydrogen-bond donors (Lipinski definition) is 2. The minimum absolute atomic E-state index is 0.260. The Balaban J connectivity index is 2.95. The topological polar surface area (TPSA) is 63.3 Å². The second-order valence-electron chi connectivity index (χ2n) is 3.01. The van der Waals surface area contributed by atoms with Crippen LogP contribution < -0.4 is 5.73 Å². The summed E-state index contributed by atoms with van der Waals surface area (Å²) < 4.78 is 38.2. The molecule has 3 N–H and O–H groups in total. The number of hydrogen-bond acceptors (Lipinski definition) is 2. The van der Waals surface area contributed by atoms with Gasteiger partial charge in [-0.15, -0.1) is 0 Å². The van der Waals surface area contributed by atoms with E-state index in [2.05, 4.69) is 0 Å². The molecule has 1 atom stereocenters. The van der Waals surface area contributed by atoms with E-state index in [1.165, 1.54) is 0 Å². The van der Waals surface area contributed by atoms with Crippen LogP contribution in [0.1, 0.15) is 5.56 Å². The van der Waals surface area contributed by atoms with Crippen molar-refractivity contribution in [3.05, 3.63) is 35.1 Å². The normalized spacial score (nSPS) is 12.5. The van der Waals surface area contributed by atoms with E-state index in [4.69, 9.17) is 10.8 Å². The predicted molar refractivity (Wildman–Crippen MR) is 45.6 cm³/mol. The largest absolute Gasteiger partial charge is 0.480 e. The van der Waals surface area contributed by atoms with Gasteiger partial charge in [0.2, 0.25) is 0 Å². The molecular formula is C9H8F3NO2. The molecule has 0 aromatic heterocycles. The van der Waals surface area contributed by atoms with Crippen LogP contribution >= 0.6 is 0 Å². The average molecular weight is 219 g/mol. The van der Waals surface area contributed by atoms with Gasteiger partial charge in [0, 0.05) is 12.5 Å². The van der Waals surface area contributed by atoms with Crippen LogP contribution in [0.25, 0.3) is 0 Å². The van der Waals surface area contributed by atoms with Crippen LogP contribution in [0.15, 0.2) is 12.1 Å². The van der Waals surface area contributed by atoms with Crippen LogP contribution in [0, 0.1) is 17.5 Å². The summed E-state index contributed by atoms with van der Waals surface area (Å²) in [5.41, 5.74) is 4.86. The molecule has 1 aromatic carbocycles. The molecule has 6 heteroatoms. The lowest BCUT2D eigenvalue weighted by atomic mass is 10.1. The minimum atomic E-state index is -1.34. The Bertz CT molecular complexity index is 395. The summed E-state index contributed by atoms with van der Waals surface area (Å²) in [5.74, 6) is -4.89. The Morgan fingerprint density at radius 1 is 1.27 bits per heavy atom. The standard InChI is InChI=1S/C9H8F3NO2/c10-5-3-7(12)6(11)1-4(5)2-8(13)9(14)15/h1,3,8H,2,13H2,(H,14,15)/t8-/m0/s1. The third-order valence-electron chi connectivity index (χ3n) is 1.85. The third-order valence-corrected chi connectivity index (χ3v) is 1.85. The molecule has 0 radical (unpaired) electrons. The average Bonchev–Trinajstić information content (AvgIpc) is 2.13. The van der Waals surface area contributed by atoms with Crippen molar-refractivity contribution in [2.24, 2.45) is 5.73 Å². The highest BCUT2D eigenvalue weighted by atomic mass is 19.2. The lowest BCUT2D eigenvalue weighted by Gasteiger charge is -2.07.